The van der Waals surface area contributed by atoms with Gasteiger partial charge in [-0.2, -0.15) is 0 Å². The normalized spacial score (nSPS) is 7.93. The Morgan fingerprint density at radius 2 is 1.80 bits per heavy atom. The molecule has 1 atom stereocenters. The lowest BCUT2D eigenvalue weighted by Gasteiger charge is -2.04. The smallest absolute Gasteiger partial charge is 0.146 e. The van der Waals surface area contributed by atoms with E-state index in [2.05, 4.69) is 31.4 Å². The molecule has 0 aliphatic heterocycles. The Morgan fingerprint density at radius 1 is 1.27 bits per heavy atom. The van der Waals surface area contributed by atoms with Gasteiger partial charge in [-0.25, -0.2) is 9.97 Å². The molecule has 1 unspecified atom stereocenters. The zero-order valence-electron chi connectivity index (χ0n) is 10.8. The Hall–Kier alpha value is -0.690. The maximum absolute atomic E-state index is 4.20. The van der Waals surface area contributed by atoms with Crippen LogP contribution >= 0.6 is 9.24 Å². The highest BCUT2D eigenvalue weighted by molar-refractivity contribution is 7.26. The summed E-state index contributed by atoms with van der Waals surface area (Å²) >= 11 is 0. The molecule has 0 bridgehead atoms. The average molecular weight is 229 g/mol. The van der Waals surface area contributed by atoms with E-state index in [9.17, 15) is 0 Å². The molecular formula is C11H24N3P. The fourth-order valence-corrected chi connectivity index (χ4v) is 1.10. The van der Waals surface area contributed by atoms with Gasteiger partial charge in [0.15, 0.2) is 0 Å². The van der Waals surface area contributed by atoms with Gasteiger partial charge in [-0.05, 0) is 6.42 Å². The van der Waals surface area contributed by atoms with E-state index in [0.717, 1.165) is 23.4 Å². The molecule has 0 aromatic carbocycles. The molecule has 0 saturated heterocycles. The lowest BCUT2D eigenvalue weighted by Crippen LogP contribution is -2.09. The first-order valence-electron chi connectivity index (χ1n) is 5.57. The van der Waals surface area contributed by atoms with E-state index >= 15 is 0 Å². The van der Waals surface area contributed by atoms with E-state index in [0.29, 0.717) is 0 Å². The number of nitrogens with one attached hydrogen (secondary N) is 1. The number of hydrogen-bond acceptors (Lipinski definition) is 3. The van der Waals surface area contributed by atoms with Crippen LogP contribution in [0.15, 0.2) is 6.20 Å². The highest BCUT2D eigenvalue weighted by atomic mass is 31.0. The van der Waals surface area contributed by atoms with Crippen molar-refractivity contribution in [2.24, 2.45) is 0 Å². The van der Waals surface area contributed by atoms with E-state index in [-0.39, 0.29) is 0 Å². The minimum Gasteiger partial charge on any atom is -0.373 e. The third-order valence-electron chi connectivity index (χ3n) is 1.50. The summed E-state index contributed by atoms with van der Waals surface area (Å²) in [6, 6.07) is 0. The van der Waals surface area contributed by atoms with Crippen molar-refractivity contribution >= 4 is 20.6 Å². The topological polar surface area (TPSA) is 37.8 Å². The van der Waals surface area contributed by atoms with Gasteiger partial charge in [0.05, 0.1) is 0 Å². The average Bonchev–Trinajstić information content (AvgIpc) is 2.34. The minimum atomic E-state index is 0.728. The molecule has 0 radical (unpaired) electrons. The fourth-order valence-electron chi connectivity index (χ4n) is 0.896. The zero-order chi connectivity index (χ0) is 12.3. The Kier molecular flexibility index (Phi) is 12.7. The summed E-state index contributed by atoms with van der Waals surface area (Å²) in [6.45, 7) is 10.1. The summed E-state index contributed by atoms with van der Waals surface area (Å²) in [7, 11) is 4.34. The number of hydrogen-bond donors (Lipinski definition) is 1. The molecule has 0 spiro atoms. The van der Waals surface area contributed by atoms with E-state index in [1.165, 1.54) is 0 Å². The first-order chi connectivity index (χ1) is 7.27. The van der Waals surface area contributed by atoms with Gasteiger partial charge in [0.25, 0.3) is 0 Å². The summed E-state index contributed by atoms with van der Waals surface area (Å²) < 4.78 is 0. The Balaban J connectivity index is 0. The van der Waals surface area contributed by atoms with E-state index in [4.69, 9.17) is 0 Å². The number of aromatic nitrogens is 2. The highest BCUT2D eigenvalue weighted by Crippen LogP contribution is 2.08. The summed E-state index contributed by atoms with van der Waals surface area (Å²) in [5.74, 6) is 0.924. The van der Waals surface area contributed by atoms with Crippen LogP contribution in [0.1, 0.15) is 40.2 Å². The summed E-state index contributed by atoms with van der Waals surface area (Å²) in [6.07, 6.45) is 2.81. The van der Waals surface area contributed by atoms with Crippen LogP contribution in [-0.2, 0) is 6.42 Å². The first kappa shape index (κ1) is 16.7. The van der Waals surface area contributed by atoms with Crippen molar-refractivity contribution in [2.45, 2.75) is 41.0 Å². The van der Waals surface area contributed by atoms with Crippen LogP contribution in [-0.4, -0.2) is 17.0 Å². The van der Waals surface area contributed by atoms with Crippen molar-refractivity contribution < 1.29 is 0 Å². The molecule has 1 aromatic rings. The van der Waals surface area contributed by atoms with Crippen molar-refractivity contribution in [2.75, 3.05) is 12.4 Å². The summed E-state index contributed by atoms with van der Waals surface area (Å²) in [5, 5.41) is 3.02. The van der Waals surface area contributed by atoms with E-state index in [1.807, 2.05) is 40.9 Å². The van der Waals surface area contributed by atoms with Crippen LogP contribution in [0.25, 0.3) is 0 Å². The van der Waals surface area contributed by atoms with Crippen molar-refractivity contribution in [1.29, 1.82) is 0 Å². The number of anilines is 1. The van der Waals surface area contributed by atoms with Crippen LogP contribution in [0.5, 0.6) is 0 Å². The molecule has 0 amide bonds. The minimum absolute atomic E-state index is 0.728. The molecule has 0 fully saturated rings. The lowest BCUT2D eigenvalue weighted by atomic mass is 10.2. The molecule has 0 aliphatic carbocycles. The zero-order valence-corrected chi connectivity index (χ0v) is 11.9. The first-order valence-corrected chi connectivity index (χ1v) is 6.14. The molecule has 0 saturated carbocycles. The van der Waals surface area contributed by atoms with Crippen LogP contribution in [0, 0.1) is 0 Å². The number of rotatable bonds is 2. The van der Waals surface area contributed by atoms with E-state index < -0.39 is 0 Å². The molecule has 4 heteroatoms. The largest absolute Gasteiger partial charge is 0.373 e. The van der Waals surface area contributed by atoms with Gasteiger partial charge in [-0.15, -0.1) is 0 Å². The third-order valence-corrected chi connectivity index (χ3v) is 1.78. The van der Waals surface area contributed by atoms with Crippen LogP contribution < -0.4 is 10.9 Å². The monoisotopic (exact) mass is 229 g/mol. The third kappa shape index (κ3) is 6.40. The van der Waals surface area contributed by atoms with Crippen LogP contribution in [0.4, 0.5) is 5.82 Å². The molecule has 1 rings (SSSR count). The predicted molar refractivity (Wildman–Crippen MR) is 73.0 cm³/mol. The molecule has 1 N–H and O–H groups in total. The second-order valence-electron chi connectivity index (χ2n) is 2.21. The van der Waals surface area contributed by atoms with Gasteiger partial charge < -0.3 is 5.32 Å². The molecule has 3 nitrogen and oxygen atoms in total. The maximum atomic E-state index is 4.20. The van der Waals surface area contributed by atoms with Crippen LogP contribution in [0.2, 0.25) is 0 Å². The Morgan fingerprint density at radius 3 is 2.20 bits per heavy atom. The van der Waals surface area contributed by atoms with Crippen molar-refractivity contribution in [3.8, 4) is 0 Å². The highest BCUT2D eigenvalue weighted by Gasteiger charge is 1.99. The molecule has 15 heavy (non-hydrogen) atoms. The van der Waals surface area contributed by atoms with Gasteiger partial charge in [-0.1, -0.05) is 43.9 Å². The summed E-state index contributed by atoms with van der Waals surface area (Å²) in [5.41, 5.74) is 1.88. The van der Waals surface area contributed by atoms with Crippen molar-refractivity contribution in [3.63, 3.8) is 0 Å². The molecular weight excluding hydrogens is 205 g/mol. The Bertz CT molecular complexity index is 252. The van der Waals surface area contributed by atoms with Gasteiger partial charge in [0.2, 0.25) is 0 Å². The molecule has 88 valence electrons. The number of aryl methyl sites for hydroxylation is 1. The standard InChI is InChI=1S/C7H12N3P.2C2H6/c1-3-5-4-9-7(11)10-6(5)8-2;2*1-2/h4H,3,11H2,1-2H3,(H,8,9,10);2*1-2H3. The van der Waals surface area contributed by atoms with Gasteiger partial charge in [-0.3, -0.25) is 0 Å². The SMILES string of the molecule is CC.CC.CCc1cnc(P)nc1NC. The summed E-state index contributed by atoms with van der Waals surface area (Å²) in [4.78, 5) is 8.27. The van der Waals surface area contributed by atoms with E-state index in [1.54, 1.807) is 0 Å². The van der Waals surface area contributed by atoms with Gasteiger partial charge >= 0.3 is 0 Å². The van der Waals surface area contributed by atoms with Crippen molar-refractivity contribution in [3.05, 3.63) is 11.8 Å². The Labute approximate surface area is 96.3 Å². The second-order valence-corrected chi connectivity index (χ2v) is 2.72. The quantitative estimate of drug-likeness (QED) is 0.792. The molecule has 1 heterocycles. The molecule has 0 aliphatic rings. The maximum Gasteiger partial charge on any atom is 0.146 e. The predicted octanol–water partition coefficient (Wildman–Crippen LogP) is 2.63. The van der Waals surface area contributed by atoms with Crippen LogP contribution in [0.3, 0.4) is 0 Å². The van der Waals surface area contributed by atoms with Gasteiger partial charge in [0, 0.05) is 18.8 Å². The fraction of sp³-hybridized carbons (Fsp3) is 0.636. The second kappa shape index (κ2) is 11.4. The van der Waals surface area contributed by atoms with Gasteiger partial charge in [0.1, 0.15) is 11.4 Å². The number of nitrogens with zero attached hydrogens (tertiary/aromatic N) is 2. The van der Waals surface area contributed by atoms with Crippen molar-refractivity contribution in [1.82, 2.24) is 9.97 Å². The lowest BCUT2D eigenvalue weighted by molar-refractivity contribution is 1.07. The molecule has 1 aromatic heterocycles.